The lowest BCUT2D eigenvalue weighted by Gasteiger charge is -2.24. The Labute approximate surface area is 339 Å². The van der Waals surface area contributed by atoms with Crippen molar-refractivity contribution in [2.24, 2.45) is 0 Å². The largest absolute Gasteiger partial charge is 0.472 e. The van der Waals surface area contributed by atoms with Crippen LogP contribution in [0.3, 0.4) is 0 Å². The van der Waals surface area contributed by atoms with Crippen LogP contribution in [0.4, 0.5) is 0 Å². The van der Waals surface area contributed by atoms with Gasteiger partial charge in [0, 0.05) is 12.8 Å². The van der Waals surface area contributed by atoms with E-state index < -0.39 is 26.5 Å². The van der Waals surface area contributed by atoms with Gasteiger partial charge in [0.05, 0.1) is 27.7 Å². The average Bonchev–Trinajstić information content (AvgIpc) is 3.13. The van der Waals surface area contributed by atoms with Gasteiger partial charge in [0.1, 0.15) is 19.8 Å². The number of unbranched alkanes of at least 4 members (excludes halogenated alkanes) is 23. The fourth-order valence-corrected chi connectivity index (χ4v) is 6.86. The molecular weight excluding hydrogens is 713 g/mol. The van der Waals surface area contributed by atoms with E-state index in [0.717, 1.165) is 57.8 Å². The Bertz CT molecular complexity index is 996. The molecule has 2 atom stereocenters. The van der Waals surface area contributed by atoms with Crippen LogP contribution in [-0.4, -0.2) is 74.9 Å². The lowest BCUT2D eigenvalue weighted by molar-refractivity contribution is -0.870. The van der Waals surface area contributed by atoms with Gasteiger partial charge in [0.15, 0.2) is 6.10 Å². The maximum atomic E-state index is 12.7. The van der Waals surface area contributed by atoms with Crippen LogP contribution in [-0.2, 0) is 32.7 Å². The van der Waals surface area contributed by atoms with Crippen LogP contribution in [0.15, 0.2) is 24.3 Å². The molecule has 0 aliphatic heterocycles. The predicted octanol–water partition coefficient (Wildman–Crippen LogP) is 12.7. The summed E-state index contributed by atoms with van der Waals surface area (Å²) in [6.07, 6.45) is 40.7. The van der Waals surface area contributed by atoms with E-state index in [1.807, 2.05) is 21.1 Å². The highest BCUT2D eigenvalue weighted by Crippen LogP contribution is 2.43. The topological polar surface area (TPSA) is 108 Å². The minimum Gasteiger partial charge on any atom is -0.462 e. The molecule has 0 fully saturated rings. The number of hydrogen-bond donors (Lipinski definition) is 1. The lowest BCUT2D eigenvalue weighted by atomic mass is 10.1. The van der Waals surface area contributed by atoms with E-state index in [1.54, 1.807) is 0 Å². The number of rotatable bonds is 41. The molecule has 0 rings (SSSR count). The number of phosphoric ester groups is 1. The van der Waals surface area contributed by atoms with Crippen molar-refractivity contribution in [3.05, 3.63) is 24.3 Å². The van der Waals surface area contributed by atoms with Crippen LogP contribution in [0.1, 0.15) is 200 Å². The summed E-state index contributed by atoms with van der Waals surface area (Å²) in [5.41, 5.74) is 0. The molecule has 0 aromatic heterocycles. The number of nitrogens with zero attached hydrogens (tertiary/aromatic N) is 1. The highest BCUT2D eigenvalue weighted by molar-refractivity contribution is 7.47. The Balaban J connectivity index is 4.34. The van der Waals surface area contributed by atoms with Crippen LogP contribution in [0.2, 0.25) is 0 Å². The third-order valence-corrected chi connectivity index (χ3v) is 10.7. The molecule has 0 saturated carbocycles. The Morgan fingerprint density at radius 1 is 0.545 bits per heavy atom. The van der Waals surface area contributed by atoms with Crippen molar-refractivity contribution in [3.63, 3.8) is 0 Å². The first kappa shape index (κ1) is 53.5. The van der Waals surface area contributed by atoms with Gasteiger partial charge in [-0.3, -0.25) is 18.6 Å². The molecule has 55 heavy (non-hydrogen) atoms. The number of hydrogen-bond acceptors (Lipinski definition) is 7. The summed E-state index contributed by atoms with van der Waals surface area (Å²) in [5, 5.41) is 0. The molecular formula is C45H87NO8P+. The summed E-state index contributed by atoms with van der Waals surface area (Å²) in [4.78, 5) is 35.4. The Morgan fingerprint density at radius 2 is 0.927 bits per heavy atom. The van der Waals surface area contributed by atoms with Gasteiger partial charge in [-0.1, -0.05) is 147 Å². The predicted molar refractivity (Wildman–Crippen MR) is 229 cm³/mol. The number of quaternary nitrogens is 1. The molecule has 0 spiro atoms. The molecule has 1 unspecified atom stereocenters. The third-order valence-electron chi connectivity index (χ3n) is 9.70. The third kappa shape index (κ3) is 41.9. The van der Waals surface area contributed by atoms with Crippen molar-refractivity contribution < 1.29 is 42.1 Å². The van der Waals surface area contributed by atoms with Gasteiger partial charge in [-0.15, -0.1) is 0 Å². The van der Waals surface area contributed by atoms with E-state index in [2.05, 4.69) is 38.2 Å². The first-order valence-electron chi connectivity index (χ1n) is 22.6. The molecule has 10 heteroatoms. The number of esters is 2. The standard InChI is InChI=1S/C45H86NO8P/c1-6-8-10-12-14-16-18-20-22-23-24-26-28-30-32-34-36-38-45(48)54-43(42-53-55(49,50)52-40-39-46(3,4)5)41-51-44(47)37-35-33-31-29-27-25-21-19-17-15-13-11-9-7-2/h16,18-19,21,43H,6-15,17,20,22-42H2,1-5H3/p+1/b18-16+,21-19+/t43-/m1/s1. The minimum absolute atomic E-state index is 0.0313. The second-order valence-electron chi connectivity index (χ2n) is 16.4. The molecule has 324 valence electrons. The monoisotopic (exact) mass is 801 g/mol. The van der Waals surface area contributed by atoms with Gasteiger partial charge in [-0.25, -0.2) is 4.57 Å². The number of carbonyl (C=O) groups is 2. The highest BCUT2D eigenvalue weighted by Gasteiger charge is 2.27. The molecule has 0 aromatic carbocycles. The fraction of sp³-hybridized carbons (Fsp3) is 0.867. The normalized spacial score (nSPS) is 13.8. The number of allylic oxidation sites excluding steroid dienone is 4. The molecule has 0 aliphatic rings. The summed E-state index contributed by atoms with van der Waals surface area (Å²) in [6.45, 7) is 4.40. The molecule has 0 bridgehead atoms. The zero-order chi connectivity index (χ0) is 40.7. The first-order valence-corrected chi connectivity index (χ1v) is 24.1. The molecule has 9 nitrogen and oxygen atoms in total. The van der Waals surface area contributed by atoms with Crippen molar-refractivity contribution in [2.45, 2.75) is 206 Å². The molecule has 0 aliphatic carbocycles. The van der Waals surface area contributed by atoms with Gasteiger partial charge in [-0.05, 0) is 64.2 Å². The molecule has 1 N–H and O–H groups in total. The van der Waals surface area contributed by atoms with Crippen molar-refractivity contribution in [2.75, 3.05) is 47.5 Å². The minimum atomic E-state index is -4.37. The van der Waals surface area contributed by atoms with E-state index in [1.165, 1.54) is 109 Å². The van der Waals surface area contributed by atoms with E-state index in [0.29, 0.717) is 17.4 Å². The van der Waals surface area contributed by atoms with Crippen LogP contribution in [0.25, 0.3) is 0 Å². The number of likely N-dealkylation sites (N-methyl/N-ethyl adjacent to an activating group) is 1. The number of ether oxygens (including phenoxy) is 2. The lowest BCUT2D eigenvalue weighted by Crippen LogP contribution is -2.37. The Morgan fingerprint density at radius 3 is 1.36 bits per heavy atom. The van der Waals surface area contributed by atoms with E-state index in [-0.39, 0.29) is 32.0 Å². The van der Waals surface area contributed by atoms with Crippen LogP contribution < -0.4 is 0 Å². The van der Waals surface area contributed by atoms with Crippen molar-refractivity contribution in [3.8, 4) is 0 Å². The van der Waals surface area contributed by atoms with E-state index in [9.17, 15) is 19.0 Å². The van der Waals surface area contributed by atoms with E-state index in [4.69, 9.17) is 18.5 Å². The van der Waals surface area contributed by atoms with Gasteiger partial charge in [-0.2, -0.15) is 0 Å². The second-order valence-corrected chi connectivity index (χ2v) is 17.9. The molecule has 0 heterocycles. The summed E-state index contributed by atoms with van der Waals surface area (Å²) in [7, 11) is 1.47. The summed E-state index contributed by atoms with van der Waals surface area (Å²) >= 11 is 0. The smallest absolute Gasteiger partial charge is 0.462 e. The fourth-order valence-electron chi connectivity index (χ4n) is 6.12. The Kier molecular flexibility index (Phi) is 37.0. The second kappa shape index (κ2) is 38.0. The zero-order valence-electron chi connectivity index (χ0n) is 36.4. The Hall–Kier alpha value is -1.51. The number of phosphoric acid groups is 1. The first-order chi connectivity index (χ1) is 26.5. The van der Waals surface area contributed by atoms with Gasteiger partial charge in [0.25, 0.3) is 0 Å². The van der Waals surface area contributed by atoms with E-state index >= 15 is 0 Å². The summed E-state index contributed by atoms with van der Waals surface area (Å²) < 4.78 is 34.3. The quantitative estimate of drug-likeness (QED) is 0.0214. The summed E-state index contributed by atoms with van der Waals surface area (Å²) in [5.74, 6) is -0.806. The zero-order valence-corrected chi connectivity index (χ0v) is 37.3. The number of carbonyl (C=O) groups excluding carboxylic acids is 2. The summed E-state index contributed by atoms with van der Waals surface area (Å²) in [6, 6.07) is 0. The van der Waals surface area contributed by atoms with Crippen LogP contribution in [0, 0.1) is 0 Å². The average molecular weight is 801 g/mol. The maximum absolute atomic E-state index is 12.7. The molecule has 0 aromatic rings. The molecule has 0 radical (unpaired) electrons. The highest BCUT2D eigenvalue weighted by atomic mass is 31.2. The van der Waals surface area contributed by atoms with Crippen LogP contribution >= 0.6 is 7.82 Å². The van der Waals surface area contributed by atoms with Crippen molar-refractivity contribution in [1.29, 1.82) is 0 Å². The molecule has 0 saturated heterocycles. The maximum Gasteiger partial charge on any atom is 0.472 e. The molecule has 0 amide bonds. The van der Waals surface area contributed by atoms with Crippen molar-refractivity contribution in [1.82, 2.24) is 0 Å². The van der Waals surface area contributed by atoms with Crippen molar-refractivity contribution >= 4 is 19.8 Å². The van der Waals surface area contributed by atoms with Gasteiger partial charge >= 0.3 is 19.8 Å². The van der Waals surface area contributed by atoms with Gasteiger partial charge < -0.3 is 18.9 Å². The van der Waals surface area contributed by atoms with Gasteiger partial charge in [0.2, 0.25) is 0 Å². The SMILES string of the molecule is CCCCCC/C=C/CCCCCCCCCCCC(=O)O[C@H](COC(=O)CCCCCCC/C=C/CCCCCCC)COP(=O)(O)OCC[N+](C)(C)C. The van der Waals surface area contributed by atoms with Crippen LogP contribution in [0.5, 0.6) is 0 Å².